The van der Waals surface area contributed by atoms with Crippen molar-refractivity contribution in [2.24, 2.45) is 0 Å². The maximum atomic E-state index is 14.4. The molecule has 0 atom stereocenters. The van der Waals surface area contributed by atoms with Crippen LogP contribution >= 0.6 is 11.8 Å². The number of nitrogens with zero attached hydrogens (tertiary/aromatic N) is 3. The van der Waals surface area contributed by atoms with Crippen LogP contribution < -0.4 is 0 Å². The number of aromatic nitrogens is 3. The summed E-state index contributed by atoms with van der Waals surface area (Å²) in [7, 11) is 0. The highest BCUT2D eigenvalue weighted by atomic mass is 32.2. The highest BCUT2D eigenvalue weighted by molar-refractivity contribution is 7.98. The monoisotopic (exact) mass is 375 g/mol. The van der Waals surface area contributed by atoms with Crippen molar-refractivity contribution in [3.05, 3.63) is 95.8 Å². The first kappa shape index (κ1) is 17.5. The third kappa shape index (κ3) is 3.78. The van der Waals surface area contributed by atoms with Gasteiger partial charge >= 0.3 is 0 Å². The van der Waals surface area contributed by atoms with Crippen molar-refractivity contribution in [2.75, 3.05) is 0 Å². The molecule has 0 N–H and O–H groups in total. The van der Waals surface area contributed by atoms with Crippen LogP contribution in [-0.4, -0.2) is 14.8 Å². The van der Waals surface area contributed by atoms with Crippen LogP contribution in [0.15, 0.2) is 84.0 Å². The van der Waals surface area contributed by atoms with E-state index < -0.39 is 0 Å². The largest absolute Gasteiger partial charge is 0.270 e. The van der Waals surface area contributed by atoms with E-state index in [1.54, 1.807) is 23.9 Å². The number of hydrogen-bond donors (Lipinski definition) is 0. The van der Waals surface area contributed by atoms with Crippen molar-refractivity contribution in [2.45, 2.75) is 17.8 Å². The third-order valence-corrected chi connectivity index (χ3v) is 5.25. The molecule has 27 heavy (non-hydrogen) atoms. The van der Waals surface area contributed by atoms with Gasteiger partial charge in [-0.1, -0.05) is 71.9 Å². The predicted octanol–water partition coefficient (Wildman–Crippen LogP) is 5.67. The van der Waals surface area contributed by atoms with E-state index in [-0.39, 0.29) is 5.82 Å². The Hall–Kier alpha value is -2.92. The molecular weight excluding hydrogens is 357 g/mol. The second-order valence-corrected chi connectivity index (χ2v) is 7.17. The molecule has 0 saturated heterocycles. The maximum absolute atomic E-state index is 14.4. The second-order valence-electron chi connectivity index (χ2n) is 6.23. The average molecular weight is 375 g/mol. The Bertz CT molecular complexity index is 1040. The lowest BCUT2D eigenvalue weighted by Gasteiger charge is -2.11. The lowest BCUT2D eigenvalue weighted by molar-refractivity contribution is 0.629. The molecule has 0 fully saturated rings. The van der Waals surface area contributed by atoms with Gasteiger partial charge in [0.1, 0.15) is 5.82 Å². The Morgan fingerprint density at radius 3 is 2.30 bits per heavy atom. The molecule has 4 rings (SSSR count). The number of para-hydroxylation sites is 1. The summed E-state index contributed by atoms with van der Waals surface area (Å²) in [6.45, 7) is 2.07. The lowest BCUT2D eigenvalue weighted by atomic mass is 10.2. The van der Waals surface area contributed by atoms with Crippen LogP contribution in [0.2, 0.25) is 0 Å². The quantitative estimate of drug-likeness (QED) is 0.421. The minimum absolute atomic E-state index is 0.308. The number of hydrogen-bond acceptors (Lipinski definition) is 3. The summed E-state index contributed by atoms with van der Waals surface area (Å²) in [6, 6.07) is 24.9. The Morgan fingerprint density at radius 2 is 1.56 bits per heavy atom. The minimum Gasteiger partial charge on any atom is -0.270 e. The zero-order valence-corrected chi connectivity index (χ0v) is 15.7. The normalized spacial score (nSPS) is 10.9. The van der Waals surface area contributed by atoms with Crippen LogP contribution in [0.3, 0.4) is 0 Å². The van der Waals surface area contributed by atoms with Gasteiger partial charge in [0, 0.05) is 11.4 Å². The fourth-order valence-electron chi connectivity index (χ4n) is 2.82. The van der Waals surface area contributed by atoms with Crippen LogP contribution in [0.1, 0.15) is 11.1 Å². The number of aryl methyl sites for hydroxylation is 1. The number of benzene rings is 3. The molecule has 1 heterocycles. The van der Waals surface area contributed by atoms with Crippen molar-refractivity contribution < 1.29 is 4.39 Å². The minimum atomic E-state index is -0.308. The van der Waals surface area contributed by atoms with Gasteiger partial charge in [0.25, 0.3) is 0 Å². The molecule has 0 amide bonds. The maximum Gasteiger partial charge on any atom is 0.196 e. The zero-order chi connectivity index (χ0) is 18.6. The van der Waals surface area contributed by atoms with Gasteiger partial charge in [0.2, 0.25) is 0 Å². The van der Waals surface area contributed by atoms with Crippen LogP contribution in [0.5, 0.6) is 0 Å². The van der Waals surface area contributed by atoms with E-state index in [1.807, 2.05) is 41.0 Å². The van der Waals surface area contributed by atoms with Crippen LogP contribution in [0.4, 0.5) is 4.39 Å². The summed E-state index contributed by atoms with van der Waals surface area (Å²) in [5.41, 5.74) is 3.79. The molecule has 1 aromatic heterocycles. The molecule has 0 aliphatic carbocycles. The zero-order valence-electron chi connectivity index (χ0n) is 14.8. The van der Waals surface area contributed by atoms with E-state index in [2.05, 4.69) is 41.4 Å². The Kier molecular flexibility index (Phi) is 5.03. The van der Waals surface area contributed by atoms with Gasteiger partial charge in [0.05, 0.1) is 5.56 Å². The molecule has 5 heteroatoms. The Labute approximate surface area is 161 Å². The van der Waals surface area contributed by atoms with Gasteiger partial charge in [-0.25, -0.2) is 4.39 Å². The average Bonchev–Trinajstić information content (AvgIpc) is 3.12. The summed E-state index contributed by atoms with van der Waals surface area (Å²) in [6.07, 6.45) is 0. The molecule has 0 aliphatic heterocycles. The van der Waals surface area contributed by atoms with Gasteiger partial charge in [-0.2, -0.15) is 0 Å². The summed E-state index contributed by atoms with van der Waals surface area (Å²) >= 11 is 1.59. The predicted molar refractivity (Wildman–Crippen MR) is 107 cm³/mol. The smallest absolute Gasteiger partial charge is 0.196 e. The second kappa shape index (κ2) is 7.76. The molecule has 4 aromatic rings. The first-order chi connectivity index (χ1) is 13.2. The molecule has 3 aromatic carbocycles. The number of rotatable bonds is 5. The SMILES string of the molecule is Cc1ccc(CSc2nnc(-c3ccccc3F)n2-c2ccccc2)cc1. The molecule has 134 valence electrons. The molecule has 0 bridgehead atoms. The molecule has 0 saturated carbocycles. The van der Waals surface area contributed by atoms with Crippen LogP contribution in [0.25, 0.3) is 17.1 Å². The van der Waals surface area contributed by atoms with Crippen molar-refractivity contribution in [1.82, 2.24) is 14.8 Å². The summed E-state index contributed by atoms with van der Waals surface area (Å²) < 4.78 is 16.3. The van der Waals surface area contributed by atoms with E-state index in [0.29, 0.717) is 11.4 Å². The van der Waals surface area contributed by atoms with Crippen LogP contribution in [-0.2, 0) is 5.75 Å². The van der Waals surface area contributed by atoms with E-state index in [0.717, 1.165) is 16.6 Å². The Morgan fingerprint density at radius 1 is 0.852 bits per heavy atom. The molecule has 3 nitrogen and oxygen atoms in total. The summed E-state index contributed by atoms with van der Waals surface area (Å²) in [4.78, 5) is 0. The van der Waals surface area contributed by atoms with Gasteiger partial charge in [0.15, 0.2) is 11.0 Å². The van der Waals surface area contributed by atoms with Gasteiger partial charge in [-0.15, -0.1) is 10.2 Å². The molecular formula is C22H18FN3S. The molecule has 0 unspecified atom stereocenters. The van der Waals surface area contributed by atoms with Gasteiger partial charge < -0.3 is 0 Å². The molecule has 0 aliphatic rings. The summed E-state index contributed by atoms with van der Waals surface area (Å²) in [5.74, 6) is 0.963. The third-order valence-electron chi connectivity index (χ3n) is 4.25. The standard InChI is InChI=1S/C22H18FN3S/c1-16-11-13-17(14-12-16)15-27-22-25-24-21(19-9-5-6-10-20(19)23)26(22)18-7-3-2-4-8-18/h2-14H,15H2,1H3. The first-order valence-corrected chi connectivity index (χ1v) is 9.65. The van der Waals surface area contributed by atoms with E-state index >= 15 is 0 Å². The fraction of sp³-hybridized carbons (Fsp3) is 0.0909. The fourth-order valence-corrected chi connectivity index (χ4v) is 3.73. The van der Waals surface area contributed by atoms with Crippen molar-refractivity contribution in [3.63, 3.8) is 0 Å². The topological polar surface area (TPSA) is 30.7 Å². The van der Waals surface area contributed by atoms with Crippen LogP contribution in [0, 0.1) is 12.7 Å². The number of halogens is 1. The van der Waals surface area contributed by atoms with Crippen molar-refractivity contribution >= 4 is 11.8 Å². The van der Waals surface area contributed by atoms with E-state index in [9.17, 15) is 4.39 Å². The van der Waals surface area contributed by atoms with Crippen molar-refractivity contribution in [3.8, 4) is 17.1 Å². The number of thioether (sulfide) groups is 1. The highest BCUT2D eigenvalue weighted by Crippen LogP contribution is 2.30. The lowest BCUT2D eigenvalue weighted by Crippen LogP contribution is -2.00. The molecule has 0 spiro atoms. The highest BCUT2D eigenvalue weighted by Gasteiger charge is 2.18. The Balaban J connectivity index is 1.73. The van der Waals surface area contributed by atoms with Crippen molar-refractivity contribution in [1.29, 1.82) is 0 Å². The molecule has 0 radical (unpaired) electrons. The van der Waals surface area contributed by atoms with E-state index in [4.69, 9.17) is 0 Å². The summed E-state index contributed by atoms with van der Waals surface area (Å²) in [5, 5.41) is 9.39. The van der Waals surface area contributed by atoms with Gasteiger partial charge in [-0.05, 0) is 36.8 Å². The van der Waals surface area contributed by atoms with Gasteiger partial charge in [-0.3, -0.25) is 4.57 Å². The van der Waals surface area contributed by atoms with E-state index in [1.165, 1.54) is 17.2 Å². The first-order valence-electron chi connectivity index (χ1n) is 8.66.